The maximum Gasteiger partial charge on any atom is 0.143 e. The summed E-state index contributed by atoms with van der Waals surface area (Å²) < 4.78 is 6.74. The highest BCUT2D eigenvalue weighted by Gasteiger charge is 2.19. The van der Waals surface area contributed by atoms with Crippen LogP contribution in [0.4, 0.5) is 0 Å². The van der Waals surface area contributed by atoms with E-state index in [0.717, 1.165) is 35.1 Å². The molecular formula is C42H28O. The summed E-state index contributed by atoms with van der Waals surface area (Å²) in [6, 6.07) is 48.5. The molecule has 1 heterocycles. The van der Waals surface area contributed by atoms with E-state index in [1.165, 1.54) is 65.7 Å². The Morgan fingerprint density at radius 1 is 0.442 bits per heavy atom. The van der Waals surface area contributed by atoms with Crippen molar-refractivity contribution in [3.63, 3.8) is 0 Å². The van der Waals surface area contributed by atoms with Gasteiger partial charge in [-0.05, 0) is 73.8 Å². The van der Waals surface area contributed by atoms with Crippen LogP contribution in [0.25, 0.3) is 82.9 Å². The molecule has 0 bridgehead atoms. The molecule has 7 aromatic carbocycles. The lowest BCUT2D eigenvalue weighted by Crippen LogP contribution is -1.93. The third-order valence-corrected chi connectivity index (χ3v) is 9.12. The Kier molecular flexibility index (Phi) is 5.39. The summed E-state index contributed by atoms with van der Waals surface area (Å²) in [7, 11) is 0. The van der Waals surface area contributed by atoms with Gasteiger partial charge in [-0.15, -0.1) is 0 Å². The molecule has 1 aliphatic carbocycles. The smallest absolute Gasteiger partial charge is 0.143 e. The summed E-state index contributed by atoms with van der Waals surface area (Å²) in [4.78, 5) is 0. The molecule has 1 aliphatic rings. The highest BCUT2D eigenvalue weighted by atomic mass is 16.3. The van der Waals surface area contributed by atoms with Gasteiger partial charge in [0, 0.05) is 21.9 Å². The Bertz CT molecular complexity index is 2330. The molecule has 0 fully saturated rings. The SMILES string of the molecule is C1=Cc2c(ccc3c2oc2c(-c4cccc(-c5c6ccccc6c(-c6ccccc6)c6ccccc56)c4)cccc23)CC1. The summed E-state index contributed by atoms with van der Waals surface area (Å²) in [5.74, 6) is 0. The number of furan rings is 1. The van der Waals surface area contributed by atoms with Crippen molar-refractivity contribution in [3.8, 4) is 33.4 Å². The first-order valence-corrected chi connectivity index (χ1v) is 15.1. The molecule has 1 aromatic heterocycles. The number of para-hydroxylation sites is 1. The first-order chi connectivity index (χ1) is 21.3. The summed E-state index contributed by atoms with van der Waals surface area (Å²) in [5.41, 5.74) is 11.8. The van der Waals surface area contributed by atoms with E-state index in [-0.39, 0.29) is 0 Å². The van der Waals surface area contributed by atoms with Gasteiger partial charge in [0.25, 0.3) is 0 Å². The zero-order valence-electron chi connectivity index (χ0n) is 23.7. The third-order valence-electron chi connectivity index (χ3n) is 9.12. The van der Waals surface area contributed by atoms with Crippen LogP contribution >= 0.6 is 0 Å². The maximum atomic E-state index is 6.74. The molecule has 8 aromatic rings. The van der Waals surface area contributed by atoms with E-state index in [9.17, 15) is 0 Å². The van der Waals surface area contributed by atoms with Gasteiger partial charge in [0.1, 0.15) is 11.2 Å². The van der Waals surface area contributed by atoms with E-state index < -0.39 is 0 Å². The predicted octanol–water partition coefficient (Wildman–Crippen LogP) is 11.9. The first-order valence-electron chi connectivity index (χ1n) is 15.1. The lowest BCUT2D eigenvalue weighted by molar-refractivity contribution is 0.667. The molecule has 1 nitrogen and oxygen atoms in total. The molecule has 0 amide bonds. The van der Waals surface area contributed by atoms with E-state index in [1.807, 2.05) is 0 Å². The third kappa shape index (κ3) is 3.72. The van der Waals surface area contributed by atoms with Gasteiger partial charge in [0.2, 0.25) is 0 Å². The number of fused-ring (bicyclic) bond motifs is 7. The topological polar surface area (TPSA) is 13.1 Å². The van der Waals surface area contributed by atoms with E-state index in [1.54, 1.807) is 0 Å². The van der Waals surface area contributed by atoms with Crippen LogP contribution < -0.4 is 0 Å². The van der Waals surface area contributed by atoms with E-state index in [4.69, 9.17) is 4.42 Å². The molecule has 0 N–H and O–H groups in total. The van der Waals surface area contributed by atoms with Crippen LogP contribution in [0.3, 0.4) is 0 Å². The molecule has 0 aliphatic heterocycles. The second kappa shape index (κ2) is 9.58. The minimum absolute atomic E-state index is 0.955. The van der Waals surface area contributed by atoms with E-state index >= 15 is 0 Å². The quantitative estimate of drug-likeness (QED) is 0.200. The average Bonchev–Trinajstić information content (AvgIpc) is 3.47. The van der Waals surface area contributed by atoms with Crippen LogP contribution in [0, 0.1) is 0 Å². The zero-order chi connectivity index (χ0) is 28.3. The molecule has 0 unspecified atom stereocenters. The van der Waals surface area contributed by atoms with Gasteiger partial charge in [0.05, 0.1) is 0 Å². The van der Waals surface area contributed by atoms with E-state index in [0.29, 0.717) is 0 Å². The Morgan fingerprint density at radius 3 is 1.77 bits per heavy atom. The lowest BCUT2D eigenvalue weighted by atomic mass is 9.85. The van der Waals surface area contributed by atoms with Crippen LogP contribution in [-0.2, 0) is 6.42 Å². The Labute approximate surface area is 250 Å². The summed E-state index contributed by atoms with van der Waals surface area (Å²) in [6.07, 6.45) is 6.65. The van der Waals surface area contributed by atoms with Crippen LogP contribution in [0.2, 0.25) is 0 Å². The Balaban J connectivity index is 1.30. The van der Waals surface area contributed by atoms with Crippen LogP contribution in [-0.4, -0.2) is 0 Å². The maximum absolute atomic E-state index is 6.74. The molecule has 0 atom stereocenters. The molecule has 9 rings (SSSR count). The second-order valence-corrected chi connectivity index (χ2v) is 11.5. The summed E-state index contributed by atoms with van der Waals surface area (Å²) in [6.45, 7) is 0. The second-order valence-electron chi connectivity index (χ2n) is 11.5. The molecule has 0 spiro atoms. The normalized spacial score (nSPS) is 12.8. The minimum Gasteiger partial charge on any atom is -0.455 e. The van der Waals surface area contributed by atoms with Crippen molar-refractivity contribution < 1.29 is 4.42 Å². The number of aryl methyl sites for hydroxylation is 1. The standard InChI is InChI=1S/C42H28O/c1-2-13-28(14-3-1)39-33-18-6-8-20-35(33)40(36-21-9-7-19-34(36)39)30-16-10-15-29(26-30)32-22-11-23-37-38-25-24-27-12-4-5-17-31(27)41(38)43-42(32)37/h1-3,5-11,13-26H,4,12H2. The predicted molar refractivity (Wildman–Crippen MR) is 182 cm³/mol. The van der Waals surface area contributed by atoms with Crippen molar-refractivity contribution in [1.82, 2.24) is 0 Å². The molecule has 43 heavy (non-hydrogen) atoms. The summed E-state index contributed by atoms with van der Waals surface area (Å²) >= 11 is 0. The number of allylic oxidation sites excluding steroid dienone is 1. The Hall–Kier alpha value is -5.40. The fourth-order valence-corrected chi connectivity index (χ4v) is 7.19. The molecule has 202 valence electrons. The number of rotatable bonds is 3. The van der Waals surface area contributed by atoms with Gasteiger partial charge < -0.3 is 4.42 Å². The molecule has 1 heteroatoms. The number of hydrogen-bond donors (Lipinski definition) is 0. The Morgan fingerprint density at radius 2 is 1.02 bits per heavy atom. The number of benzene rings is 7. The van der Waals surface area contributed by atoms with Crippen molar-refractivity contribution >= 4 is 49.6 Å². The molecule has 0 saturated carbocycles. The molecule has 0 saturated heterocycles. The van der Waals surface area contributed by atoms with Gasteiger partial charge in [-0.3, -0.25) is 0 Å². The van der Waals surface area contributed by atoms with Gasteiger partial charge in [0.15, 0.2) is 0 Å². The van der Waals surface area contributed by atoms with Crippen molar-refractivity contribution in [2.45, 2.75) is 12.8 Å². The van der Waals surface area contributed by atoms with Crippen molar-refractivity contribution in [2.24, 2.45) is 0 Å². The first kappa shape index (κ1) is 24.2. The monoisotopic (exact) mass is 548 g/mol. The fraction of sp³-hybridized carbons (Fsp3) is 0.0476. The van der Waals surface area contributed by atoms with Crippen molar-refractivity contribution in [1.29, 1.82) is 0 Å². The zero-order valence-corrected chi connectivity index (χ0v) is 23.7. The largest absolute Gasteiger partial charge is 0.455 e. The van der Waals surface area contributed by atoms with Gasteiger partial charge in [-0.2, -0.15) is 0 Å². The van der Waals surface area contributed by atoms with E-state index in [2.05, 4.69) is 146 Å². The average molecular weight is 549 g/mol. The summed E-state index contributed by atoms with van der Waals surface area (Å²) in [5, 5.41) is 7.42. The van der Waals surface area contributed by atoms with Gasteiger partial charge >= 0.3 is 0 Å². The molecule has 0 radical (unpaired) electrons. The van der Waals surface area contributed by atoms with Crippen molar-refractivity contribution in [3.05, 3.63) is 151 Å². The van der Waals surface area contributed by atoms with Crippen molar-refractivity contribution in [2.75, 3.05) is 0 Å². The fourth-order valence-electron chi connectivity index (χ4n) is 7.19. The minimum atomic E-state index is 0.955. The van der Waals surface area contributed by atoms with Crippen LogP contribution in [0.15, 0.2) is 144 Å². The van der Waals surface area contributed by atoms with Gasteiger partial charge in [-0.25, -0.2) is 0 Å². The van der Waals surface area contributed by atoms with Gasteiger partial charge in [-0.1, -0.05) is 140 Å². The molecular weight excluding hydrogens is 520 g/mol. The lowest BCUT2D eigenvalue weighted by Gasteiger charge is -2.18. The van der Waals surface area contributed by atoms with Crippen LogP contribution in [0.1, 0.15) is 17.5 Å². The van der Waals surface area contributed by atoms with Crippen LogP contribution in [0.5, 0.6) is 0 Å². The highest BCUT2D eigenvalue weighted by Crippen LogP contribution is 2.45. The number of hydrogen-bond acceptors (Lipinski definition) is 1. The highest BCUT2D eigenvalue weighted by molar-refractivity contribution is 6.21.